The monoisotopic (exact) mass is 236 g/mol. The van der Waals surface area contributed by atoms with Gasteiger partial charge in [0.05, 0.1) is 24.2 Å². The lowest BCUT2D eigenvalue weighted by molar-refractivity contribution is 0.0220. The van der Waals surface area contributed by atoms with Crippen LogP contribution in [0.3, 0.4) is 0 Å². The molecule has 2 atom stereocenters. The summed E-state index contributed by atoms with van der Waals surface area (Å²) in [4.78, 5) is 10.7. The van der Waals surface area contributed by atoms with Crippen molar-refractivity contribution in [2.45, 2.75) is 18.6 Å². The first kappa shape index (κ1) is 13.0. The van der Waals surface area contributed by atoms with Gasteiger partial charge in [0.15, 0.2) is 0 Å². The van der Waals surface area contributed by atoms with Crippen LogP contribution in [-0.4, -0.2) is 27.4 Å². The van der Waals surface area contributed by atoms with E-state index >= 15 is 0 Å². The number of nitrogens with zero attached hydrogens (tertiary/aromatic N) is 1. The molecule has 0 fully saturated rings. The molecule has 0 saturated carbocycles. The molecule has 5 N–H and O–H groups in total. The maximum absolute atomic E-state index is 10.7. The molecule has 17 heavy (non-hydrogen) atoms. The second-order valence-corrected chi connectivity index (χ2v) is 3.52. The number of carbonyl (C=O) groups is 1. The molecule has 0 aliphatic heterocycles. The molecule has 2 unspecified atom stereocenters. The third-order valence-corrected chi connectivity index (χ3v) is 2.32. The van der Waals surface area contributed by atoms with Gasteiger partial charge in [-0.1, -0.05) is 6.07 Å². The van der Waals surface area contributed by atoms with Crippen molar-refractivity contribution in [1.82, 2.24) is 0 Å². The van der Waals surface area contributed by atoms with Crippen LogP contribution in [0.4, 0.5) is 5.69 Å². The van der Waals surface area contributed by atoms with Crippen molar-refractivity contribution < 1.29 is 20.1 Å². The second-order valence-electron chi connectivity index (χ2n) is 3.52. The number of carboxylic acid groups (broad SMARTS) is 1. The molecule has 0 aliphatic rings. The number of hydrogen-bond acceptors (Lipinski definition) is 5. The van der Waals surface area contributed by atoms with Gasteiger partial charge < -0.3 is 21.1 Å². The molecule has 6 heteroatoms. The molecular formula is C11H12N2O4. The zero-order valence-corrected chi connectivity index (χ0v) is 8.87. The van der Waals surface area contributed by atoms with Gasteiger partial charge in [0, 0.05) is 11.3 Å². The average molecular weight is 236 g/mol. The zero-order valence-electron chi connectivity index (χ0n) is 8.87. The molecule has 0 heterocycles. The summed E-state index contributed by atoms with van der Waals surface area (Å²) in [6.45, 7) is 0. The van der Waals surface area contributed by atoms with Gasteiger partial charge in [0.2, 0.25) is 0 Å². The van der Waals surface area contributed by atoms with E-state index in [-0.39, 0.29) is 23.2 Å². The normalized spacial score (nSPS) is 13.7. The Morgan fingerprint density at radius 1 is 1.47 bits per heavy atom. The summed E-state index contributed by atoms with van der Waals surface area (Å²) in [5, 5.41) is 36.2. The van der Waals surface area contributed by atoms with Crippen LogP contribution in [0.25, 0.3) is 0 Å². The maximum atomic E-state index is 10.7. The number of nitrogen functional groups attached to an aromatic ring is 1. The number of nitriles is 1. The van der Waals surface area contributed by atoms with Crippen molar-refractivity contribution in [2.24, 2.45) is 0 Å². The van der Waals surface area contributed by atoms with Crippen LogP contribution in [0.5, 0.6) is 0 Å². The molecular weight excluding hydrogens is 224 g/mol. The van der Waals surface area contributed by atoms with Crippen LogP contribution < -0.4 is 5.73 Å². The predicted octanol–water partition coefficient (Wildman–Crippen LogP) is 0.275. The Hall–Kier alpha value is -2.10. The fraction of sp³-hybridized carbons (Fsp3) is 0.273. The number of benzene rings is 1. The number of nitrogens with two attached hydrogens (primary N) is 1. The summed E-state index contributed by atoms with van der Waals surface area (Å²) in [6, 6.07) is 5.51. The molecule has 0 aromatic heterocycles. The molecule has 0 spiro atoms. The smallest absolute Gasteiger partial charge is 0.335 e. The number of aromatic carboxylic acids is 1. The van der Waals surface area contributed by atoms with Gasteiger partial charge in [0.1, 0.15) is 6.10 Å². The minimum Gasteiger partial charge on any atom is -0.478 e. The Labute approximate surface area is 97.5 Å². The minimum absolute atomic E-state index is 0.00628. The number of aliphatic hydroxyl groups excluding tert-OH is 2. The molecule has 1 aromatic rings. The number of rotatable bonds is 4. The minimum atomic E-state index is -1.31. The lowest BCUT2D eigenvalue weighted by atomic mass is 9.99. The first-order chi connectivity index (χ1) is 7.97. The lowest BCUT2D eigenvalue weighted by Crippen LogP contribution is -2.19. The van der Waals surface area contributed by atoms with E-state index in [0.717, 1.165) is 0 Å². The molecule has 90 valence electrons. The van der Waals surface area contributed by atoms with E-state index in [2.05, 4.69) is 0 Å². The zero-order chi connectivity index (χ0) is 13.0. The Kier molecular flexibility index (Phi) is 4.04. The SMILES string of the molecule is N#CCC(O)C(O)c1ccc(C(=O)O)cc1N. The molecule has 0 aliphatic carbocycles. The van der Waals surface area contributed by atoms with Gasteiger partial charge in [-0.2, -0.15) is 5.26 Å². The van der Waals surface area contributed by atoms with Crippen molar-refractivity contribution in [2.75, 3.05) is 5.73 Å². The van der Waals surface area contributed by atoms with Gasteiger partial charge in [0.25, 0.3) is 0 Å². The summed E-state index contributed by atoms with van der Waals surface area (Å²) >= 11 is 0. The van der Waals surface area contributed by atoms with Gasteiger partial charge in [-0.05, 0) is 12.1 Å². The molecule has 0 amide bonds. The van der Waals surface area contributed by atoms with Crippen molar-refractivity contribution >= 4 is 11.7 Å². The highest BCUT2D eigenvalue weighted by Gasteiger charge is 2.20. The van der Waals surface area contributed by atoms with E-state index in [1.54, 1.807) is 6.07 Å². The highest BCUT2D eigenvalue weighted by molar-refractivity contribution is 5.89. The van der Waals surface area contributed by atoms with E-state index < -0.39 is 18.2 Å². The van der Waals surface area contributed by atoms with Crippen molar-refractivity contribution in [3.63, 3.8) is 0 Å². The summed E-state index contributed by atoms with van der Waals surface area (Å²) in [6.07, 6.45) is -2.79. The highest BCUT2D eigenvalue weighted by Crippen LogP contribution is 2.25. The maximum Gasteiger partial charge on any atom is 0.335 e. The van der Waals surface area contributed by atoms with Crippen LogP contribution in [0.15, 0.2) is 18.2 Å². The summed E-state index contributed by atoms with van der Waals surface area (Å²) in [5.41, 5.74) is 5.84. The van der Waals surface area contributed by atoms with Gasteiger partial charge >= 0.3 is 5.97 Å². The Morgan fingerprint density at radius 2 is 2.12 bits per heavy atom. The largest absolute Gasteiger partial charge is 0.478 e. The van der Waals surface area contributed by atoms with Crippen LogP contribution >= 0.6 is 0 Å². The van der Waals surface area contributed by atoms with Crippen LogP contribution in [0.2, 0.25) is 0 Å². The number of carboxylic acids is 1. The second kappa shape index (κ2) is 5.30. The molecule has 1 rings (SSSR count). The summed E-state index contributed by atoms with van der Waals surface area (Å²) < 4.78 is 0. The molecule has 0 saturated heterocycles. The van der Waals surface area contributed by atoms with E-state index in [1.807, 2.05) is 0 Å². The van der Waals surface area contributed by atoms with Gasteiger partial charge in [-0.15, -0.1) is 0 Å². The lowest BCUT2D eigenvalue weighted by Gasteiger charge is -2.17. The van der Waals surface area contributed by atoms with E-state index in [4.69, 9.17) is 16.1 Å². The Morgan fingerprint density at radius 3 is 2.59 bits per heavy atom. The van der Waals surface area contributed by atoms with E-state index in [0.29, 0.717) is 0 Å². The quantitative estimate of drug-likeness (QED) is 0.556. The average Bonchev–Trinajstić information content (AvgIpc) is 2.28. The third-order valence-electron chi connectivity index (χ3n) is 2.32. The van der Waals surface area contributed by atoms with Crippen LogP contribution in [0, 0.1) is 11.3 Å². The molecule has 1 aromatic carbocycles. The first-order valence-corrected chi connectivity index (χ1v) is 4.83. The molecule has 0 bridgehead atoms. The predicted molar refractivity (Wildman–Crippen MR) is 59.0 cm³/mol. The standard InChI is InChI=1S/C11H12N2O4/c12-4-3-9(14)10(15)7-2-1-6(11(16)17)5-8(7)13/h1-2,5,9-10,14-15H,3,13H2,(H,16,17). The van der Waals surface area contributed by atoms with Crippen LogP contribution in [0.1, 0.15) is 28.4 Å². The molecule has 0 radical (unpaired) electrons. The van der Waals surface area contributed by atoms with Gasteiger partial charge in [-0.25, -0.2) is 4.79 Å². The Bertz CT molecular complexity index is 467. The number of anilines is 1. The van der Waals surface area contributed by atoms with Crippen molar-refractivity contribution in [1.29, 1.82) is 5.26 Å². The van der Waals surface area contributed by atoms with E-state index in [9.17, 15) is 15.0 Å². The highest BCUT2D eigenvalue weighted by atomic mass is 16.4. The Balaban J connectivity index is 3.00. The summed E-state index contributed by atoms with van der Waals surface area (Å²) in [5.74, 6) is -1.13. The topological polar surface area (TPSA) is 128 Å². The fourth-order valence-corrected chi connectivity index (χ4v) is 1.39. The summed E-state index contributed by atoms with van der Waals surface area (Å²) in [7, 11) is 0. The number of aliphatic hydroxyl groups is 2. The number of hydrogen-bond donors (Lipinski definition) is 4. The third kappa shape index (κ3) is 2.93. The van der Waals surface area contributed by atoms with Crippen LogP contribution in [-0.2, 0) is 0 Å². The molecule has 6 nitrogen and oxygen atoms in total. The van der Waals surface area contributed by atoms with Crippen molar-refractivity contribution in [3.05, 3.63) is 29.3 Å². The van der Waals surface area contributed by atoms with Crippen molar-refractivity contribution in [3.8, 4) is 6.07 Å². The fourth-order valence-electron chi connectivity index (χ4n) is 1.39. The van der Waals surface area contributed by atoms with E-state index in [1.165, 1.54) is 18.2 Å². The van der Waals surface area contributed by atoms with Gasteiger partial charge in [-0.3, -0.25) is 0 Å². The first-order valence-electron chi connectivity index (χ1n) is 4.83.